The molecule has 1 aromatic rings. The molecule has 19 heavy (non-hydrogen) atoms. The molecular formula is C14H20FN3O. The topological polar surface area (TPSA) is 28.6 Å². The maximum atomic E-state index is 13.7. The van der Waals surface area contributed by atoms with Crippen molar-refractivity contribution in [1.29, 1.82) is 0 Å². The zero-order valence-electron chi connectivity index (χ0n) is 11.1. The molecule has 1 unspecified atom stereocenters. The number of ether oxygens (including phenoxy) is 1. The molecule has 2 saturated heterocycles. The maximum Gasteiger partial charge on any atom is 0.165 e. The van der Waals surface area contributed by atoms with Gasteiger partial charge in [0.15, 0.2) is 11.6 Å². The molecule has 0 spiro atoms. The van der Waals surface area contributed by atoms with E-state index in [9.17, 15) is 4.39 Å². The van der Waals surface area contributed by atoms with Gasteiger partial charge in [-0.1, -0.05) is 0 Å². The highest BCUT2D eigenvalue weighted by atomic mass is 19.1. The van der Waals surface area contributed by atoms with Crippen LogP contribution in [0.5, 0.6) is 0 Å². The average molecular weight is 265 g/mol. The quantitative estimate of drug-likeness (QED) is 0.825. The number of hydrogen-bond donors (Lipinski definition) is 0. The highest BCUT2D eigenvalue weighted by Gasteiger charge is 2.27. The number of aromatic nitrogens is 1. The summed E-state index contributed by atoms with van der Waals surface area (Å²) in [6.45, 7) is 6.63. The van der Waals surface area contributed by atoms with E-state index in [4.69, 9.17) is 4.74 Å². The highest BCUT2D eigenvalue weighted by molar-refractivity contribution is 5.40. The summed E-state index contributed by atoms with van der Waals surface area (Å²) < 4.78 is 19.1. The van der Waals surface area contributed by atoms with E-state index >= 15 is 0 Å². The minimum absolute atomic E-state index is 0.213. The van der Waals surface area contributed by atoms with E-state index in [2.05, 4.69) is 14.8 Å². The van der Waals surface area contributed by atoms with Gasteiger partial charge in [-0.15, -0.1) is 0 Å². The Bertz CT molecular complexity index is 423. The van der Waals surface area contributed by atoms with Crippen molar-refractivity contribution in [3.63, 3.8) is 0 Å². The number of morpholine rings is 1. The monoisotopic (exact) mass is 265 g/mol. The Kier molecular flexibility index (Phi) is 3.94. The fourth-order valence-corrected chi connectivity index (χ4v) is 2.93. The maximum absolute atomic E-state index is 13.7. The van der Waals surface area contributed by atoms with Gasteiger partial charge in [-0.05, 0) is 24.5 Å². The van der Waals surface area contributed by atoms with Crippen molar-refractivity contribution in [2.24, 2.45) is 5.92 Å². The lowest BCUT2D eigenvalue weighted by Crippen LogP contribution is -2.40. The Morgan fingerprint density at radius 3 is 2.95 bits per heavy atom. The zero-order chi connectivity index (χ0) is 13.1. The standard InChI is InChI=1S/C14H20FN3O/c15-13-2-1-4-16-14(13)18-5-3-12(11-18)10-17-6-8-19-9-7-17/h1-2,4,12H,3,5-11H2. The summed E-state index contributed by atoms with van der Waals surface area (Å²) in [6.07, 6.45) is 2.78. The summed E-state index contributed by atoms with van der Waals surface area (Å²) >= 11 is 0. The molecule has 0 saturated carbocycles. The van der Waals surface area contributed by atoms with Crippen molar-refractivity contribution in [2.45, 2.75) is 6.42 Å². The van der Waals surface area contributed by atoms with Crippen molar-refractivity contribution in [3.8, 4) is 0 Å². The Labute approximate surface area is 113 Å². The third kappa shape index (κ3) is 3.04. The lowest BCUT2D eigenvalue weighted by atomic mass is 10.1. The van der Waals surface area contributed by atoms with Crippen LogP contribution >= 0.6 is 0 Å². The number of hydrogen-bond acceptors (Lipinski definition) is 4. The molecule has 0 radical (unpaired) electrons. The van der Waals surface area contributed by atoms with Crippen LogP contribution in [0, 0.1) is 11.7 Å². The SMILES string of the molecule is Fc1cccnc1N1CCC(CN2CCOCC2)C1. The van der Waals surface area contributed by atoms with Crippen molar-refractivity contribution in [3.05, 3.63) is 24.1 Å². The van der Waals surface area contributed by atoms with Gasteiger partial charge in [0.1, 0.15) is 0 Å². The summed E-state index contributed by atoms with van der Waals surface area (Å²) in [7, 11) is 0. The van der Waals surface area contributed by atoms with E-state index in [-0.39, 0.29) is 5.82 Å². The average Bonchev–Trinajstić information content (AvgIpc) is 2.89. The Balaban J connectivity index is 1.56. The van der Waals surface area contributed by atoms with Crippen molar-refractivity contribution >= 4 is 5.82 Å². The van der Waals surface area contributed by atoms with Crippen LogP contribution < -0.4 is 4.90 Å². The lowest BCUT2D eigenvalue weighted by Gasteiger charge is -2.29. The van der Waals surface area contributed by atoms with Gasteiger partial charge in [-0.25, -0.2) is 9.37 Å². The van der Waals surface area contributed by atoms with E-state index < -0.39 is 0 Å². The normalized spacial score (nSPS) is 24.9. The first-order valence-electron chi connectivity index (χ1n) is 6.98. The summed E-state index contributed by atoms with van der Waals surface area (Å²) in [6, 6.07) is 3.12. The van der Waals surface area contributed by atoms with Crippen LogP contribution in [0.15, 0.2) is 18.3 Å². The van der Waals surface area contributed by atoms with Crippen LogP contribution in [0.1, 0.15) is 6.42 Å². The van der Waals surface area contributed by atoms with Gasteiger partial charge < -0.3 is 9.64 Å². The van der Waals surface area contributed by atoms with Crippen molar-refractivity contribution < 1.29 is 9.13 Å². The van der Waals surface area contributed by atoms with Crippen LogP contribution in [0.3, 0.4) is 0 Å². The molecule has 3 rings (SSSR count). The smallest absolute Gasteiger partial charge is 0.165 e. The first-order chi connectivity index (χ1) is 9.33. The number of halogens is 1. The molecule has 3 heterocycles. The van der Waals surface area contributed by atoms with Gasteiger partial charge in [0, 0.05) is 38.9 Å². The summed E-state index contributed by atoms with van der Waals surface area (Å²) in [5.41, 5.74) is 0. The Hall–Kier alpha value is -1.20. The van der Waals surface area contributed by atoms with E-state index in [1.807, 2.05) is 0 Å². The molecule has 2 aliphatic heterocycles. The second-order valence-electron chi connectivity index (χ2n) is 5.32. The van der Waals surface area contributed by atoms with E-state index in [1.165, 1.54) is 6.07 Å². The predicted molar refractivity (Wildman–Crippen MR) is 71.8 cm³/mol. The minimum atomic E-state index is -0.213. The molecule has 0 N–H and O–H groups in total. The van der Waals surface area contributed by atoms with Crippen molar-refractivity contribution in [2.75, 3.05) is 50.8 Å². The van der Waals surface area contributed by atoms with Crippen LogP contribution in [-0.2, 0) is 4.74 Å². The molecule has 104 valence electrons. The van der Waals surface area contributed by atoms with Crippen molar-refractivity contribution in [1.82, 2.24) is 9.88 Å². The second-order valence-corrected chi connectivity index (χ2v) is 5.32. The molecule has 4 nitrogen and oxygen atoms in total. The second kappa shape index (κ2) is 5.84. The molecule has 0 bridgehead atoms. The Morgan fingerprint density at radius 2 is 2.16 bits per heavy atom. The number of rotatable bonds is 3. The molecule has 0 aliphatic carbocycles. The first kappa shape index (κ1) is 12.8. The highest BCUT2D eigenvalue weighted by Crippen LogP contribution is 2.24. The summed E-state index contributed by atoms with van der Waals surface area (Å²) in [4.78, 5) is 8.68. The van der Waals surface area contributed by atoms with Gasteiger partial charge in [0.25, 0.3) is 0 Å². The summed E-state index contributed by atoms with van der Waals surface area (Å²) in [5, 5.41) is 0. The molecule has 1 atom stereocenters. The van der Waals surface area contributed by atoms with Gasteiger partial charge in [-0.3, -0.25) is 4.90 Å². The third-order valence-electron chi connectivity index (χ3n) is 3.94. The molecule has 2 aliphatic rings. The molecule has 5 heteroatoms. The van der Waals surface area contributed by atoms with Gasteiger partial charge in [0.05, 0.1) is 13.2 Å². The number of anilines is 1. The van der Waals surface area contributed by atoms with Gasteiger partial charge in [0.2, 0.25) is 0 Å². The zero-order valence-corrected chi connectivity index (χ0v) is 11.1. The van der Waals surface area contributed by atoms with E-state index in [1.54, 1.807) is 12.3 Å². The van der Waals surface area contributed by atoms with E-state index in [0.717, 1.165) is 52.4 Å². The predicted octanol–water partition coefficient (Wildman–Crippen LogP) is 1.38. The third-order valence-corrected chi connectivity index (χ3v) is 3.94. The van der Waals surface area contributed by atoms with Crippen LogP contribution in [0.25, 0.3) is 0 Å². The van der Waals surface area contributed by atoms with Gasteiger partial charge >= 0.3 is 0 Å². The fraction of sp³-hybridized carbons (Fsp3) is 0.643. The fourth-order valence-electron chi connectivity index (χ4n) is 2.93. The molecule has 0 aromatic carbocycles. The minimum Gasteiger partial charge on any atom is -0.379 e. The largest absolute Gasteiger partial charge is 0.379 e. The number of pyridine rings is 1. The van der Waals surface area contributed by atoms with Crippen LogP contribution in [0.4, 0.5) is 10.2 Å². The first-order valence-corrected chi connectivity index (χ1v) is 6.98. The molecule has 0 amide bonds. The number of nitrogens with zero attached hydrogens (tertiary/aromatic N) is 3. The molecular weight excluding hydrogens is 245 g/mol. The van der Waals surface area contributed by atoms with Crippen LogP contribution in [-0.4, -0.2) is 55.8 Å². The van der Waals surface area contributed by atoms with Gasteiger partial charge in [-0.2, -0.15) is 0 Å². The van der Waals surface area contributed by atoms with E-state index in [0.29, 0.717) is 11.7 Å². The van der Waals surface area contributed by atoms with Crippen LogP contribution in [0.2, 0.25) is 0 Å². The Morgan fingerprint density at radius 1 is 1.32 bits per heavy atom. The molecule has 1 aromatic heterocycles. The summed E-state index contributed by atoms with van der Waals surface area (Å²) in [5.74, 6) is 0.904. The lowest BCUT2D eigenvalue weighted by molar-refractivity contribution is 0.0320. The molecule has 2 fully saturated rings.